The molecule has 0 saturated carbocycles. The van der Waals surface area contributed by atoms with E-state index in [0.29, 0.717) is 0 Å². The van der Waals surface area contributed by atoms with Crippen LogP contribution < -0.4 is 4.90 Å². The van der Waals surface area contributed by atoms with Gasteiger partial charge >= 0.3 is 0 Å². The number of hydrogen-bond acceptors (Lipinski definition) is 1. The number of rotatable bonds is 6. The van der Waals surface area contributed by atoms with Gasteiger partial charge in [-0.15, -0.1) is 0 Å². The highest BCUT2D eigenvalue weighted by atomic mass is 15.1. The SMILES string of the molecule is CC(C)(C)c1c2ccc(-c3ccccc3-c3ccccc3)cc2c(C(C)(C)C)c2ccc(-c3ccc(N(c4ccccc4)c4ccccc4)cc3)cc12. The third kappa shape index (κ3) is 6.53. The molecular weight excluding hydrogens is 639 g/mol. The van der Waals surface area contributed by atoms with Crippen LogP contribution in [0.2, 0.25) is 0 Å². The zero-order valence-corrected chi connectivity index (χ0v) is 31.7. The van der Waals surface area contributed by atoms with Gasteiger partial charge in [0.2, 0.25) is 0 Å². The Morgan fingerprint density at radius 2 is 0.679 bits per heavy atom. The molecule has 53 heavy (non-hydrogen) atoms. The van der Waals surface area contributed by atoms with Crippen LogP contribution in [0.1, 0.15) is 52.7 Å². The van der Waals surface area contributed by atoms with E-state index in [9.17, 15) is 0 Å². The molecule has 8 rings (SSSR count). The molecule has 0 bridgehead atoms. The Labute approximate surface area is 315 Å². The highest BCUT2D eigenvalue weighted by molar-refractivity contribution is 6.09. The van der Waals surface area contributed by atoms with Gasteiger partial charge in [0, 0.05) is 17.1 Å². The molecule has 0 atom stereocenters. The van der Waals surface area contributed by atoms with E-state index < -0.39 is 0 Å². The van der Waals surface area contributed by atoms with E-state index in [1.807, 2.05) is 0 Å². The first kappa shape index (κ1) is 34.2. The molecule has 0 spiro atoms. The molecule has 0 aliphatic carbocycles. The second kappa shape index (κ2) is 13.6. The molecule has 0 heterocycles. The summed E-state index contributed by atoms with van der Waals surface area (Å²) in [6, 6.07) is 64.2. The molecule has 1 heteroatoms. The molecule has 8 aromatic rings. The lowest BCUT2D eigenvalue weighted by atomic mass is 9.73. The van der Waals surface area contributed by atoms with Crippen LogP contribution in [0.25, 0.3) is 54.9 Å². The molecule has 0 radical (unpaired) electrons. The van der Waals surface area contributed by atoms with E-state index in [1.54, 1.807) is 0 Å². The Bertz CT molecular complexity index is 2490. The van der Waals surface area contributed by atoms with Gasteiger partial charge in [0.1, 0.15) is 0 Å². The minimum Gasteiger partial charge on any atom is -0.311 e. The van der Waals surface area contributed by atoms with Gasteiger partial charge in [-0.05, 0) is 125 Å². The number of nitrogens with zero attached hydrogens (tertiary/aromatic N) is 1. The second-order valence-electron chi connectivity index (χ2n) is 16.2. The molecule has 0 aliphatic rings. The molecule has 0 fully saturated rings. The predicted octanol–water partition coefficient (Wildman–Crippen LogP) is 15.1. The lowest BCUT2D eigenvalue weighted by Crippen LogP contribution is -2.17. The molecule has 1 nitrogen and oxygen atoms in total. The van der Waals surface area contributed by atoms with Gasteiger partial charge in [0.05, 0.1) is 0 Å². The van der Waals surface area contributed by atoms with Crippen LogP contribution in [-0.4, -0.2) is 0 Å². The minimum absolute atomic E-state index is 0.0774. The van der Waals surface area contributed by atoms with E-state index in [-0.39, 0.29) is 10.8 Å². The maximum absolute atomic E-state index is 2.46. The zero-order valence-electron chi connectivity index (χ0n) is 31.7. The third-order valence-electron chi connectivity index (χ3n) is 10.4. The minimum atomic E-state index is -0.0786. The monoisotopic (exact) mass is 685 g/mol. The lowest BCUT2D eigenvalue weighted by molar-refractivity contribution is 0.593. The average Bonchev–Trinajstić information content (AvgIpc) is 3.17. The summed E-state index contributed by atoms with van der Waals surface area (Å²) in [5, 5.41) is 5.35. The van der Waals surface area contributed by atoms with Gasteiger partial charge < -0.3 is 4.90 Å². The second-order valence-corrected chi connectivity index (χ2v) is 16.2. The summed E-state index contributed by atoms with van der Waals surface area (Å²) in [6.07, 6.45) is 0. The van der Waals surface area contributed by atoms with E-state index in [2.05, 4.69) is 222 Å². The fraction of sp³-hybridized carbons (Fsp3) is 0.154. The number of hydrogen-bond donors (Lipinski definition) is 0. The fourth-order valence-electron chi connectivity index (χ4n) is 8.20. The van der Waals surface area contributed by atoms with Crippen LogP contribution >= 0.6 is 0 Å². The van der Waals surface area contributed by atoms with Crippen LogP contribution in [0, 0.1) is 0 Å². The number of fused-ring (bicyclic) bond motifs is 2. The molecule has 0 saturated heterocycles. The van der Waals surface area contributed by atoms with Crippen LogP contribution in [-0.2, 0) is 10.8 Å². The predicted molar refractivity (Wildman–Crippen MR) is 230 cm³/mol. The smallest absolute Gasteiger partial charge is 0.0462 e. The summed E-state index contributed by atoms with van der Waals surface area (Å²) < 4.78 is 0. The molecule has 260 valence electrons. The van der Waals surface area contributed by atoms with Crippen LogP contribution in [0.5, 0.6) is 0 Å². The topological polar surface area (TPSA) is 3.24 Å². The van der Waals surface area contributed by atoms with Crippen molar-refractivity contribution in [2.75, 3.05) is 4.90 Å². The van der Waals surface area contributed by atoms with Crippen molar-refractivity contribution in [3.63, 3.8) is 0 Å². The van der Waals surface area contributed by atoms with Crippen molar-refractivity contribution in [1.29, 1.82) is 0 Å². The first-order valence-corrected chi connectivity index (χ1v) is 18.8. The number of benzene rings is 8. The number of anilines is 3. The van der Waals surface area contributed by atoms with Crippen molar-refractivity contribution < 1.29 is 0 Å². The van der Waals surface area contributed by atoms with Gasteiger partial charge in [0.25, 0.3) is 0 Å². The molecule has 0 unspecified atom stereocenters. The third-order valence-corrected chi connectivity index (χ3v) is 10.4. The summed E-state index contributed by atoms with van der Waals surface area (Å²) in [7, 11) is 0. The highest BCUT2D eigenvalue weighted by Crippen LogP contribution is 2.46. The van der Waals surface area contributed by atoms with Crippen molar-refractivity contribution in [2.24, 2.45) is 0 Å². The number of para-hydroxylation sites is 2. The first-order chi connectivity index (χ1) is 25.6. The maximum atomic E-state index is 2.46. The van der Waals surface area contributed by atoms with Gasteiger partial charge in [0.15, 0.2) is 0 Å². The van der Waals surface area contributed by atoms with Crippen LogP contribution in [0.4, 0.5) is 17.1 Å². The van der Waals surface area contributed by atoms with E-state index >= 15 is 0 Å². The maximum Gasteiger partial charge on any atom is 0.0462 e. The highest BCUT2D eigenvalue weighted by Gasteiger charge is 2.28. The van der Waals surface area contributed by atoms with Crippen molar-refractivity contribution in [3.05, 3.63) is 187 Å². The summed E-state index contributed by atoms with van der Waals surface area (Å²) in [6.45, 7) is 14.2. The molecule has 8 aromatic carbocycles. The van der Waals surface area contributed by atoms with Gasteiger partial charge in [-0.2, -0.15) is 0 Å². The summed E-state index contributed by atoms with van der Waals surface area (Å²) in [4.78, 5) is 2.32. The van der Waals surface area contributed by atoms with E-state index in [4.69, 9.17) is 0 Å². The summed E-state index contributed by atoms with van der Waals surface area (Å²) in [5.74, 6) is 0. The van der Waals surface area contributed by atoms with Gasteiger partial charge in [-0.25, -0.2) is 0 Å². The van der Waals surface area contributed by atoms with Crippen molar-refractivity contribution >= 4 is 38.6 Å². The van der Waals surface area contributed by atoms with Crippen molar-refractivity contribution in [1.82, 2.24) is 0 Å². The molecule has 0 aliphatic heterocycles. The molecular formula is C52H47N. The first-order valence-electron chi connectivity index (χ1n) is 18.8. The Hall–Kier alpha value is -5.92. The molecule has 0 aromatic heterocycles. The molecule has 0 amide bonds. The van der Waals surface area contributed by atoms with Crippen molar-refractivity contribution in [3.8, 4) is 33.4 Å². The van der Waals surface area contributed by atoms with Crippen LogP contribution in [0.15, 0.2) is 176 Å². The van der Waals surface area contributed by atoms with Gasteiger partial charge in [-0.1, -0.05) is 169 Å². The molecule has 0 N–H and O–H groups in total. The fourth-order valence-corrected chi connectivity index (χ4v) is 8.20. The Balaban J connectivity index is 1.29. The lowest BCUT2D eigenvalue weighted by Gasteiger charge is -2.31. The Kier molecular flexibility index (Phi) is 8.75. The largest absolute Gasteiger partial charge is 0.311 e. The Morgan fingerprint density at radius 1 is 0.302 bits per heavy atom. The Morgan fingerprint density at radius 3 is 1.17 bits per heavy atom. The normalized spacial score (nSPS) is 12.0. The van der Waals surface area contributed by atoms with Crippen molar-refractivity contribution in [2.45, 2.75) is 52.4 Å². The van der Waals surface area contributed by atoms with E-state index in [1.165, 1.54) is 66.1 Å². The summed E-state index contributed by atoms with van der Waals surface area (Å²) >= 11 is 0. The average molecular weight is 686 g/mol. The standard InChI is InChI=1S/C52H47N/c1-51(2,3)49-46-33-29-39(44-25-17-16-24-43(44)37-18-10-7-11-19-37)35-48(46)50(52(4,5)6)45-32-28-38(34-47(45)49)36-26-30-42(31-27-36)53(40-20-12-8-13-21-40)41-22-14-9-15-23-41/h7-35H,1-6H3. The quantitative estimate of drug-likeness (QED) is 0.158. The van der Waals surface area contributed by atoms with Gasteiger partial charge in [-0.3, -0.25) is 0 Å². The van der Waals surface area contributed by atoms with E-state index in [0.717, 1.165) is 17.1 Å². The zero-order chi connectivity index (χ0) is 36.7. The van der Waals surface area contributed by atoms with Crippen LogP contribution in [0.3, 0.4) is 0 Å². The summed E-state index contributed by atoms with van der Waals surface area (Å²) in [5.41, 5.74) is 13.5.